The van der Waals surface area contributed by atoms with Gasteiger partial charge in [-0.05, 0) is 38.9 Å². The van der Waals surface area contributed by atoms with Crippen LogP contribution in [0.5, 0.6) is 0 Å². The number of pyridine rings is 1. The first kappa shape index (κ1) is 9.46. The van der Waals surface area contributed by atoms with E-state index in [-0.39, 0.29) is 5.56 Å². The van der Waals surface area contributed by atoms with Gasteiger partial charge in [-0.2, -0.15) is 0 Å². The zero-order valence-electron chi connectivity index (χ0n) is 8.71. The molecule has 0 spiro atoms. The second kappa shape index (κ2) is 3.58. The van der Waals surface area contributed by atoms with Crippen molar-refractivity contribution in [2.75, 3.05) is 13.6 Å². The first-order valence-electron chi connectivity index (χ1n) is 5.08. The second-order valence-electron chi connectivity index (χ2n) is 4.04. The predicted molar refractivity (Wildman–Crippen MR) is 56.4 cm³/mol. The highest BCUT2D eigenvalue weighted by Gasteiger charge is 2.23. The molecule has 1 aliphatic heterocycles. The van der Waals surface area contributed by atoms with Crippen LogP contribution in [0.4, 0.5) is 0 Å². The molecular weight excluding hydrogens is 176 g/mol. The third kappa shape index (κ3) is 1.60. The van der Waals surface area contributed by atoms with Crippen molar-refractivity contribution in [2.24, 2.45) is 0 Å². The van der Waals surface area contributed by atoms with E-state index < -0.39 is 0 Å². The van der Waals surface area contributed by atoms with Gasteiger partial charge in [0.15, 0.2) is 0 Å². The number of aromatic nitrogens is 1. The molecule has 3 nitrogen and oxygen atoms in total. The van der Waals surface area contributed by atoms with Gasteiger partial charge in [0.1, 0.15) is 0 Å². The minimum absolute atomic E-state index is 0.00750. The van der Waals surface area contributed by atoms with Crippen molar-refractivity contribution in [2.45, 2.75) is 25.8 Å². The van der Waals surface area contributed by atoms with Crippen LogP contribution in [-0.2, 0) is 0 Å². The molecule has 1 aliphatic rings. The molecule has 0 saturated carbocycles. The number of nitrogens with one attached hydrogen (secondary N) is 1. The first-order chi connectivity index (χ1) is 6.68. The number of likely N-dealkylation sites (tertiary alicyclic amines) is 1. The molecule has 2 rings (SSSR count). The minimum atomic E-state index is -0.00750. The summed E-state index contributed by atoms with van der Waals surface area (Å²) in [6.45, 7) is 3.13. The van der Waals surface area contributed by atoms with Crippen molar-refractivity contribution in [3.8, 4) is 0 Å². The van der Waals surface area contributed by atoms with Gasteiger partial charge in [0, 0.05) is 17.8 Å². The monoisotopic (exact) mass is 192 g/mol. The lowest BCUT2D eigenvalue weighted by atomic mass is 10.0. The fourth-order valence-corrected chi connectivity index (χ4v) is 2.25. The van der Waals surface area contributed by atoms with E-state index >= 15 is 0 Å². The number of nitrogens with zero attached hydrogens (tertiary/aromatic N) is 1. The molecular formula is C11H16N2O. The SMILES string of the molecule is Cc1[nH]c(=O)ccc1C1CCCN1C. The molecule has 3 heteroatoms. The highest BCUT2D eigenvalue weighted by Crippen LogP contribution is 2.30. The third-order valence-electron chi connectivity index (χ3n) is 3.04. The van der Waals surface area contributed by atoms with Crippen molar-refractivity contribution in [3.05, 3.63) is 33.7 Å². The largest absolute Gasteiger partial charge is 0.326 e. The van der Waals surface area contributed by atoms with Crippen molar-refractivity contribution in [3.63, 3.8) is 0 Å². The molecule has 76 valence electrons. The summed E-state index contributed by atoms with van der Waals surface area (Å²) < 4.78 is 0. The van der Waals surface area contributed by atoms with Crippen molar-refractivity contribution >= 4 is 0 Å². The zero-order valence-corrected chi connectivity index (χ0v) is 8.71. The maximum atomic E-state index is 11.1. The van der Waals surface area contributed by atoms with Crippen LogP contribution < -0.4 is 5.56 Å². The average molecular weight is 192 g/mol. The Balaban J connectivity index is 2.36. The fourth-order valence-electron chi connectivity index (χ4n) is 2.25. The van der Waals surface area contributed by atoms with Gasteiger partial charge in [-0.1, -0.05) is 6.07 Å². The summed E-state index contributed by atoms with van der Waals surface area (Å²) >= 11 is 0. The maximum absolute atomic E-state index is 11.1. The quantitative estimate of drug-likeness (QED) is 0.731. The van der Waals surface area contributed by atoms with Crippen LogP contribution >= 0.6 is 0 Å². The third-order valence-corrected chi connectivity index (χ3v) is 3.04. The Morgan fingerprint density at radius 2 is 2.29 bits per heavy atom. The van der Waals surface area contributed by atoms with Gasteiger partial charge in [0.05, 0.1) is 0 Å². The number of hydrogen-bond acceptors (Lipinski definition) is 2. The lowest BCUT2D eigenvalue weighted by molar-refractivity contribution is 0.316. The molecule has 0 aliphatic carbocycles. The summed E-state index contributed by atoms with van der Waals surface area (Å²) in [5.41, 5.74) is 2.27. The second-order valence-corrected chi connectivity index (χ2v) is 4.04. The van der Waals surface area contributed by atoms with Gasteiger partial charge in [-0.3, -0.25) is 9.69 Å². The Hall–Kier alpha value is -1.09. The molecule has 0 amide bonds. The standard InChI is InChI=1S/C11H16N2O/c1-8-9(5-6-11(14)12-8)10-4-3-7-13(10)2/h5-6,10H,3-4,7H2,1-2H3,(H,12,14). The van der Waals surface area contributed by atoms with Crippen LogP contribution in [0.3, 0.4) is 0 Å². The molecule has 2 heterocycles. The van der Waals surface area contributed by atoms with Crippen LogP contribution in [-0.4, -0.2) is 23.5 Å². The number of aryl methyl sites for hydroxylation is 1. The molecule has 1 saturated heterocycles. The first-order valence-corrected chi connectivity index (χ1v) is 5.08. The zero-order chi connectivity index (χ0) is 10.1. The van der Waals surface area contributed by atoms with E-state index in [1.807, 2.05) is 13.0 Å². The van der Waals surface area contributed by atoms with E-state index in [0.717, 1.165) is 12.2 Å². The smallest absolute Gasteiger partial charge is 0.248 e. The van der Waals surface area contributed by atoms with Crippen LogP contribution in [0.15, 0.2) is 16.9 Å². The maximum Gasteiger partial charge on any atom is 0.248 e. The van der Waals surface area contributed by atoms with E-state index in [0.29, 0.717) is 6.04 Å². The summed E-state index contributed by atoms with van der Waals surface area (Å²) in [6, 6.07) is 4.07. The van der Waals surface area contributed by atoms with Crippen LogP contribution in [0, 0.1) is 6.92 Å². The fraction of sp³-hybridized carbons (Fsp3) is 0.545. The van der Waals surface area contributed by atoms with E-state index in [9.17, 15) is 4.79 Å². The molecule has 1 aromatic heterocycles. The Kier molecular flexibility index (Phi) is 2.42. The van der Waals surface area contributed by atoms with E-state index in [1.165, 1.54) is 18.4 Å². The van der Waals surface area contributed by atoms with Gasteiger partial charge in [-0.25, -0.2) is 0 Å². The molecule has 0 aromatic carbocycles. The van der Waals surface area contributed by atoms with Crippen molar-refractivity contribution in [1.29, 1.82) is 0 Å². The lowest BCUT2D eigenvalue weighted by Gasteiger charge is -2.21. The van der Waals surface area contributed by atoms with Gasteiger partial charge < -0.3 is 4.98 Å². The predicted octanol–water partition coefficient (Wildman–Crippen LogP) is 1.45. The van der Waals surface area contributed by atoms with Gasteiger partial charge in [0.2, 0.25) is 5.56 Å². The highest BCUT2D eigenvalue weighted by atomic mass is 16.1. The normalized spacial score (nSPS) is 22.9. The molecule has 0 bridgehead atoms. The summed E-state index contributed by atoms with van der Waals surface area (Å²) in [4.78, 5) is 16.3. The number of hydrogen-bond donors (Lipinski definition) is 1. The summed E-state index contributed by atoms with van der Waals surface area (Å²) in [7, 11) is 2.14. The number of aromatic amines is 1. The minimum Gasteiger partial charge on any atom is -0.326 e. The van der Waals surface area contributed by atoms with E-state index in [2.05, 4.69) is 16.9 Å². The summed E-state index contributed by atoms with van der Waals surface area (Å²) in [6.07, 6.45) is 2.45. The Morgan fingerprint density at radius 3 is 2.86 bits per heavy atom. The topological polar surface area (TPSA) is 36.1 Å². The van der Waals surface area contributed by atoms with Crippen molar-refractivity contribution in [1.82, 2.24) is 9.88 Å². The molecule has 1 unspecified atom stereocenters. The van der Waals surface area contributed by atoms with Crippen molar-refractivity contribution < 1.29 is 0 Å². The van der Waals surface area contributed by atoms with E-state index in [4.69, 9.17) is 0 Å². The number of rotatable bonds is 1. The summed E-state index contributed by atoms with van der Waals surface area (Å²) in [5, 5.41) is 0. The highest BCUT2D eigenvalue weighted by molar-refractivity contribution is 5.23. The van der Waals surface area contributed by atoms with Gasteiger partial charge in [0.25, 0.3) is 0 Å². The average Bonchev–Trinajstić information content (AvgIpc) is 2.52. The molecule has 0 radical (unpaired) electrons. The Morgan fingerprint density at radius 1 is 1.50 bits per heavy atom. The van der Waals surface area contributed by atoms with E-state index in [1.54, 1.807) is 6.07 Å². The Labute approximate surface area is 83.8 Å². The summed E-state index contributed by atoms with van der Waals surface area (Å²) in [5.74, 6) is 0. The molecule has 1 aromatic rings. The number of H-pyrrole nitrogens is 1. The Bertz CT molecular complexity index is 383. The van der Waals surface area contributed by atoms with Crippen LogP contribution in [0.25, 0.3) is 0 Å². The van der Waals surface area contributed by atoms with Crippen LogP contribution in [0.1, 0.15) is 30.1 Å². The van der Waals surface area contributed by atoms with Gasteiger partial charge in [-0.15, -0.1) is 0 Å². The molecule has 1 atom stereocenters. The lowest BCUT2D eigenvalue weighted by Crippen LogP contribution is -2.20. The molecule has 1 fully saturated rings. The molecule has 1 N–H and O–H groups in total. The molecule has 14 heavy (non-hydrogen) atoms. The van der Waals surface area contributed by atoms with Gasteiger partial charge >= 0.3 is 0 Å². The van der Waals surface area contributed by atoms with Crippen LogP contribution in [0.2, 0.25) is 0 Å².